The van der Waals surface area contributed by atoms with Crippen LogP contribution in [0, 0.1) is 6.92 Å². The molecule has 0 radical (unpaired) electrons. The third-order valence-electron chi connectivity index (χ3n) is 3.26. The number of hydrogen-bond acceptors (Lipinski definition) is 3. The van der Waals surface area contributed by atoms with Crippen LogP contribution in [-0.4, -0.2) is 31.1 Å². The number of likely N-dealkylation sites (N-methyl/N-ethyl adjacent to an activating group) is 1. The van der Waals surface area contributed by atoms with Crippen molar-refractivity contribution in [3.05, 3.63) is 29.8 Å². The maximum absolute atomic E-state index is 11.9. The first-order chi connectivity index (χ1) is 9.47. The number of nitrogens with zero attached hydrogens (tertiary/aromatic N) is 1. The van der Waals surface area contributed by atoms with Crippen LogP contribution in [0.1, 0.15) is 32.8 Å². The van der Waals surface area contributed by atoms with Crippen molar-refractivity contribution >= 4 is 11.6 Å². The highest BCUT2D eigenvalue weighted by Crippen LogP contribution is 2.19. The highest BCUT2D eigenvalue weighted by atomic mass is 16.1. The van der Waals surface area contributed by atoms with E-state index in [9.17, 15) is 4.79 Å². The summed E-state index contributed by atoms with van der Waals surface area (Å²) in [7, 11) is 0. The van der Waals surface area contributed by atoms with E-state index in [-0.39, 0.29) is 18.0 Å². The Balaban J connectivity index is 2.82. The molecule has 1 rings (SSSR count). The normalized spacial score (nSPS) is 12.3. The van der Waals surface area contributed by atoms with Crippen molar-refractivity contribution in [3.8, 4) is 0 Å². The molecule has 1 atom stereocenters. The first kappa shape index (κ1) is 16.5. The monoisotopic (exact) mass is 277 g/mol. The summed E-state index contributed by atoms with van der Waals surface area (Å²) in [4.78, 5) is 14.1. The summed E-state index contributed by atoms with van der Waals surface area (Å²) in [5, 5.41) is 2.93. The molecule has 20 heavy (non-hydrogen) atoms. The minimum absolute atomic E-state index is 0.0283. The van der Waals surface area contributed by atoms with Gasteiger partial charge in [-0.15, -0.1) is 0 Å². The number of carbonyl (C=O) groups is 1. The van der Waals surface area contributed by atoms with Crippen LogP contribution in [0.15, 0.2) is 24.3 Å². The Morgan fingerprint density at radius 2 is 2.10 bits per heavy atom. The summed E-state index contributed by atoms with van der Waals surface area (Å²) in [6.45, 7) is 9.39. The Kier molecular flexibility index (Phi) is 6.52. The number of hydrogen-bond donors (Lipinski definition) is 2. The molecule has 4 nitrogen and oxygen atoms in total. The second kappa shape index (κ2) is 7.90. The van der Waals surface area contributed by atoms with Crippen molar-refractivity contribution in [2.75, 3.05) is 18.0 Å². The quantitative estimate of drug-likeness (QED) is 0.802. The Morgan fingerprint density at radius 1 is 1.40 bits per heavy atom. The topological polar surface area (TPSA) is 58.4 Å². The van der Waals surface area contributed by atoms with Crippen molar-refractivity contribution in [2.45, 2.75) is 46.2 Å². The third kappa shape index (κ3) is 4.85. The Morgan fingerprint density at radius 3 is 2.60 bits per heavy atom. The second-order valence-electron chi connectivity index (χ2n) is 5.44. The number of aryl methyl sites for hydroxylation is 1. The molecule has 1 unspecified atom stereocenters. The van der Waals surface area contributed by atoms with Gasteiger partial charge >= 0.3 is 0 Å². The molecule has 0 saturated heterocycles. The molecular weight excluding hydrogens is 250 g/mol. The van der Waals surface area contributed by atoms with Gasteiger partial charge in [0.05, 0.1) is 0 Å². The molecule has 1 aromatic rings. The van der Waals surface area contributed by atoms with E-state index in [0.29, 0.717) is 13.0 Å². The molecule has 0 aliphatic carbocycles. The molecule has 0 heterocycles. The van der Waals surface area contributed by atoms with Crippen LogP contribution in [-0.2, 0) is 4.79 Å². The van der Waals surface area contributed by atoms with Gasteiger partial charge in [-0.05, 0) is 45.4 Å². The fourth-order valence-corrected chi connectivity index (χ4v) is 2.37. The number of carbonyl (C=O) groups excluding carboxylic acids is 1. The van der Waals surface area contributed by atoms with E-state index < -0.39 is 0 Å². The van der Waals surface area contributed by atoms with Crippen LogP contribution in [0.2, 0.25) is 0 Å². The number of benzene rings is 1. The van der Waals surface area contributed by atoms with Crippen molar-refractivity contribution < 1.29 is 4.79 Å². The van der Waals surface area contributed by atoms with Gasteiger partial charge in [0.2, 0.25) is 5.91 Å². The van der Waals surface area contributed by atoms with Gasteiger partial charge in [-0.3, -0.25) is 4.79 Å². The summed E-state index contributed by atoms with van der Waals surface area (Å²) in [6.07, 6.45) is 0.427. The smallest absolute Gasteiger partial charge is 0.222 e. The van der Waals surface area contributed by atoms with Crippen molar-refractivity contribution in [2.24, 2.45) is 5.73 Å². The van der Waals surface area contributed by atoms with E-state index in [1.54, 1.807) is 0 Å². The van der Waals surface area contributed by atoms with Crippen LogP contribution in [0.3, 0.4) is 0 Å². The Labute approximate surface area is 122 Å². The van der Waals surface area contributed by atoms with E-state index in [4.69, 9.17) is 5.73 Å². The lowest BCUT2D eigenvalue weighted by molar-refractivity contribution is -0.121. The van der Waals surface area contributed by atoms with Crippen molar-refractivity contribution in [1.82, 2.24) is 5.32 Å². The maximum Gasteiger partial charge on any atom is 0.222 e. The highest BCUT2D eigenvalue weighted by Gasteiger charge is 2.20. The third-order valence-corrected chi connectivity index (χ3v) is 3.26. The van der Waals surface area contributed by atoms with Crippen LogP contribution in [0.4, 0.5) is 5.69 Å². The van der Waals surface area contributed by atoms with Gasteiger partial charge in [0.15, 0.2) is 0 Å². The fourth-order valence-electron chi connectivity index (χ4n) is 2.37. The van der Waals surface area contributed by atoms with Crippen molar-refractivity contribution in [3.63, 3.8) is 0 Å². The van der Waals surface area contributed by atoms with Gasteiger partial charge < -0.3 is 16.0 Å². The van der Waals surface area contributed by atoms with Crippen LogP contribution in [0.5, 0.6) is 0 Å². The SMILES string of the molecule is CCN(c1cccc(C)c1)C(CN)CC(=O)NC(C)C. The minimum atomic E-state index is 0.0283. The Bertz CT molecular complexity index is 431. The molecule has 3 N–H and O–H groups in total. The van der Waals surface area contributed by atoms with E-state index in [1.165, 1.54) is 5.56 Å². The van der Waals surface area contributed by atoms with E-state index >= 15 is 0 Å². The first-order valence-corrected chi connectivity index (χ1v) is 7.30. The standard InChI is InChI=1S/C16H27N3O/c1-5-19(14-8-6-7-13(4)9-14)15(11-17)10-16(20)18-12(2)3/h6-9,12,15H,5,10-11,17H2,1-4H3,(H,18,20). The predicted molar refractivity (Wildman–Crippen MR) is 84.9 cm³/mol. The summed E-state index contributed by atoms with van der Waals surface area (Å²) in [5.41, 5.74) is 8.22. The molecule has 0 saturated carbocycles. The fraction of sp³-hybridized carbons (Fsp3) is 0.562. The maximum atomic E-state index is 11.9. The van der Waals surface area contributed by atoms with E-state index in [0.717, 1.165) is 12.2 Å². The molecule has 0 aliphatic heterocycles. The van der Waals surface area contributed by atoms with Gasteiger partial charge in [0.1, 0.15) is 0 Å². The summed E-state index contributed by atoms with van der Waals surface area (Å²) in [6, 6.07) is 8.50. The molecule has 0 spiro atoms. The van der Waals surface area contributed by atoms with Gasteiger partial charge in [0, 0.05) is 37.3 Å². The van der Waals surface area contributed by atoms with Crippen LogP contribution in [0.25, 0.3) is 0 Å². The largest absolute Gasteiger partial charge is 0.367 e. The zero-order chi connectivity index (χ0) is 15.1. The lowest BCUT2D eigenvalue weighted by Gasteiger charge is -2.32. The van der Waals surface area contributed by atoms with Gasteiger partial charge in [0.25, 0.3) is 0 Å². The minimum Gasteiger partial charge on any atom is -0.367 e. The highest BCUT2D eigenvalue weighted by molar-refractivity contribution is 5.77. The Hall–Kier alpha value is -1.55. The zero-order valence-corrected chi connectivity index (χ0v) is 13.0. The predicted octanol–water partition coefficient (Wildman–Crippen LogP) is 2.06. The number of nitrogens with two attached hydrogens (primary N) is 1. The van der Waals surface area contributed by atoms with Crippen molar-refractivity contribution in [1.29, 1.82) is 0 Å². The molecule has 0 fully saturated rings. The first-order valence-electron chi connectivity index (χ1n) is 7.30. The average Bonchev–Trinajstić information content (AvgIpc) is 2.37. The molecule has 4 heteroatoms. The molecule has 0 bridgehead atoms. The lowest BCUT2D eigenvalue weighted by Crippen LogP contribution is -2.45. The van der Waals surface area contributed by atoms with Gasteiger partial charge in [-0.2, -0.15) is 0 Å². The lowest BCUT2D eigenvalue weighted by atomic mass is 10.1. The van der Waals surface area contributed by atoms with Gasteiger partial charge in [-0.1, -0.05) is 12.1 Å². The number of nitrogens with one attached hydrogen (secondary N) is 1. The van der Waals surface area contributed by atoms with Crippen LogP contribution < -0.4 is 16.0 Å². The number of anilines is 1. The molecule has 1 aromatic carbocycles. The summed E-state index contributed by atoms with van der Waals surface area (Å²) < 4.78 is 0. The molecule has 1 amide bonds. The van der Waals surface area contributed by atoms with E-state index in [1.807, 2.05) is 19.9 Å². The molecule has 0 aliphatic rings. The molecular formula is C16H27N3O. The summed E-state index contributed by atoms with van der Waals surface area (Å²) in [5.74, 6) is 0.0570. The second-order valence-corrected chi connectivity index (χ2v) is 5.44. The zero-order valence-electron chi connectivity index (χ0n) is 13.0. The van der Waals surface area contributed by atoms with E-state index in [2.05, 4.69) is 42.3 Å². The van der Waals surface area contributed by atoms with Crippen LogP contribution >= 0.6 is 0 Å². The van der Waals surface area contributed by atoms with Gasteiger partial charge in [-0.25, -0.2) is 0 Å². The summed E-state index contributed by atoms with van der Waals surface area (Å²) >= 11 is 0. The number of amides is 1. The number of rotatable bonds is 7. The molecule has 0 aromatic heterocycles. The molecule has 112 valence electrons. The average molecular weight is 277 g/mol.